The predicted molar refractivity (Wildman–Crippen MR) is 115 cm³/mol. The average molecular weight is 389 g/mol. The second-order valence-electron chi connectivity index (χ2n) is 7.65. The molecule has 1 N–H and O–H groups in total. The lowest BCUT2D eigenvalue weighted by molar-refractivity contribution is -0.143. The van der Waals surface area contributed by atoms with E-state index >= 15 is 0 Å². The van der Waals surface area contributed by atoms with E-state index in [0.717, 1.165) is 30.7 Å². The number of fused-ring (bicyclic) bond motifs is 1. The van der Waals surface area contributed by atoms with E-state index in [4.69, 9.17) is 4.74 Å². The largest absolute Gasteiger partial charge is 0.494 e. The lowest BCUT2D eigenvalue weighted by atomic mass is 9.89. The fourth-order valence-electron chi connectivity index (χ4n) is 4.46. The highest BCUT2D eigenvalue weighted by Crippen LogP contribution is 2.37. The third-order valence-corrected chi connectivity index (χ3v) is 5.77. The number of carboxylic acids is 1. The quantitative estimate of drug-likeness (QED) is 0.635. The summed E-state index contributed by atoms with van der Waals surface area (Å²) in [5.41, 5.74) is 2.35. The zero-order chi connectivity index (χ0) is 20.2. The van der Waals surface area contributed by atoms with Crippen LogP contribution in [0.15, 0.2) is 66.7 Å². The summed E-state index contributed by atoms with van der Waals surface area (Å²) in [5.74, 6) is -0.173. The number of piperidine rings is 1. The van der Waals surface area contributed by atoms with Crippen molar-refractivity contribution in [1.29, 1.82) is 0 Å². The van der Waals surface area contributed by atoms with E-state index < -0.39 is 5.97 Å². The summed E-state index contributed by atoms with van der Waals surface area (Å²) in [6.45, 7) is 4.04. The molecule has 4 nitrogen and oxygen atoms in total. The first-order chi connectivity index (χ1) is 14.2. The van der Waals surface area contributed by atoms with Crippen molar-refractivity contribution in [1.82, 2.24) is 4.90 Å². The molecule has 1 fully saturated rings. The van der Waals surface area contributed by atoms with Crippen molar-refractivity contribution >= 4 is 16.7 Å². The first-order valence-electron chi connectivity index (χ1n) is 10.3. The number of rotatable bonds is 6. The molecule has 4 rings (SSSR count). The van der Waals surface area contributed by atoms with Crippen LogP contribution in [-0.4, -0.2) is 35.7 Å². The zero-order valence-corrected chi connectivity index (χ0v) is 16.8. The van der Waals surface area contributed by atoms with Crippen molar-refractivity contribution in [2.75, 3.05) is 19.7 Å². The number of carbonyl (C=O) groups is 1. The second-order valence-corrected chi connectivity index (χ2v) is 7.65. The fourth-order valence-corrected chi connectivity index (χ4v) is 4.46. The van der Waals surface area contributed by atoms with Crippen molar-refractivity contribution in [3.05, 3.63) is 77.9 Å². The maximum absolute atomic E-state index is 11.7. The molecule has 4 heteroatoms. The minimum Gasteiger partial charge on any atom is -0.494 e. The van der Waals surface area contributed by atoms with E-state index in [1.165, 1.54) is 16.3 Å². The standard InChI is InChI=1S/C25H27NO3/c1-2-29-21-12-5-10-19(16-21)24(26-15-7-11-20(17-26)25(27)28)23-14-6-9-18-8-3-4-13-22(18)23/h3-6,8-10,12-14,16,20,24H,2,7,11,15,17H2,1H3,(H,27,28). The van der Waals surface area contributed by atoms with Gasteiger partial charge in [0, 0.05) is 6.54 Å². The van der Waals surface area contributed by atoms with E-state index in [1.807, 2.05) is 19.1 Å². The van der Waals surface area contributed by atoms with Gasteiger partial charge in [0.1, 0.15) is 5.75 Å². The number of carboxylic acid groups (broad SMARTS) is 1. The number of hydrogen-bond acceptors (Lipinski definition) is 3. The summed E-state index contributed by atoms with van der Waals surface area (Å²) >= 11 is 0. The van der Waals surface area contributed by atoms with Crippen LogP contribution in [0.2, 0.25) is 0 Å². The van der Waals surface area contributed by atoms with Gasteiger partial charge in [0.15, 0.2) is 0 Å². The Hall–Kier alpha value is -2.85. The van der Waals surface area contributed by atoms with Crippen molar-refractivity contribution in [2.24, 2.45) is 5.92 Å². The molecule has 1 aliphatic heterocycles. The Morgan fingerprint density at radius 2 is 1.93 bits per heavy atom. The van der Waals surface area contributed by atoms with E-state index in [-0.39, 0.29) is 12.0 Å². The van der Waals surface area contributed by atoms with Gasteiger partial charge in [-0.3, -0.25) is 9.69 Å². The summed E-state index contributed by atoms with van der Waals surface area (Å²) in [7, 11) is 0. The van der Waals surface area contributed by atoms with Crippen LogP contribution in [0, 0.1) is 5.92 Å². The highest BCUT2D eigenvalue weighted by molar-refractivity contribution is 5.86. The van der Waals surface area contributed by atoms with Gasteiger partial charge in [-0.15, -0.1) is 0 Å². The molecule has 0 saturated carbocycles. The molecule has 0 radical (unpaired) electrons. The van der Waals surface area contributed by atoms with Gasteiger partial charge in [-0.25, -0.2) is 0 Å². The Morgan fingerprint density at radius 1 is 1.14 bits per heavy atom. The summed E-state index contributed by atoms with van der Waals surface area (Å²) in [6, 6.07) is 23.0. The minimum atomic E-state index is -0.700. The number of ether oxygens (including phenoxy) is 1. The molecule has 1 aliphatic rings. The van der Waals surface area contributed by atoms with Crippen LogP contribution in [0.5, 0.6) is 5.75 Å². The van der Waals surface area contributed by atoms with E-state index in [9.17, 15) is 9.90 Å². The average Bonchev–Trinajstić information content (AvgIpc) is 2.75. The normalized spacial score (nSPS) is 18.4. The van der Waals surface area contributed by atoms with Crippen molar-refractivity contribution in [2.45, 2.75) is 25.8 Å². The van der Waals surface area contributed by atoms with Crippen molar-refractivity contribution in [3.8, 4) is 5.75 Å². The van der Waals surface area contributed by atoms with E-state index in [1.54, 1.807) is 0 Å². The monoisotopic (exact) mass is 389 g/mol. The van der Waals surface area contributed by atoms with Crippen LogP contribution < -0.4 is 4.74 Å². The van der Waals surface area contributed by atoms with Crippen LogP contribution in [0.25, 0.3) is 10.8 Å². The maximum Gasteiger partial charge on any atom is 0.307 e. The highest BCUT2D eigenvalue weighted by Gasteiger charge is 2.32. The molecule has 3 aromatic rings. The van der Waals surface area contributed by atoms with Gasteiger partial charge in [-0.1, -0.05) is 54.6 Å². The van der Waals surface area contributed by atoms with Gasteiger partial charge in [0.2, 0.25) is 0 Å². The molecule has 0 amide bonds. The van der Waals surface area contributed by atoms with Crippen molar-refractivity contribution < 1.29 is 14.6 Å². The third kappa shape index (κ3) is 4.13. The number of nitrogens with zero attached hydrogens (tertiary/aromatic N) is 1. The molecule has 0 spiro atoms. The SMILES string of the molecule is CCOc1cccc(C(c2cccc3ccccc23)N2CCCC(C(=O)O)C2)c1. The zero-order valence-electron chi connectivity index (χ0n) is 16.8. The molecule has 0 aromatic heterocycles. The lowest BCUT2D eigenvalue weighted by Crippen LogP contribution is -2.41. The summed E-state index contributed by atoms with van der Waals surface area (Å²) in [6.07, 6.45) is 1.64. The Kier molecular flexibility index (Phi) is 5.81. The molecular formula is C25H27NO3. The molecule has 3 aromatic carbocycles. The topological polar surface area (TPSA) is 49.8 Å². The molecular weight excluding hydrogens is 362 g/mol. The number of likely N-dealkylation sites (tertiary alicyclic amines) is 1. The predicted octanol–water partition coefficient (Wildman–Crippen LogP) is 5.12. The molecule has 1 heterocycles. The van der Waals surface area contributed by atoms with Crippen molar-refractivity contribution in [3.63, 3.8) is 0 Å². The molecule has 1 saturated heterocycles. The van der Waals surface area contributed by atoms with E-state index in [2.05, 4.69) is 59.5 Å². The third-order valence-electron chi connectivity index (χ3n) is 5.77. The summed E-state index contributed by atoms with van der Waals surface area (Å²) < 4.78 is 5.75. The Balaban J connectivity index is 1.83. The van der Waals surface area contributed by atoms with Gasteiger partial charge in [-0.2, -0.15) is 0 Å². The van der Waals surface area contributed by atoms with Crippen LogP contribution in [0.4, 0.5) is 0 Å². The summed E-state index contributed by atoms with van der Waals surface area (Å²) in [5, 5.41) is 12.0. The second kappa shape index (κ2) is 8.66. The number of benzene rings is 3. The van der Waals surface area contributed by atoms with Crippen LogP contribution in [0.1, 0.15) is 36.9 Å². The number of aliphatic carboxylic acids is 1. The first-order valence-corrected chi connectivity index (χ1v) is 10.3. The smallest absolute Gasteiger partial charge is 0.307 e. The fraction of sp³-hybridized carbons (Fsp3) is 0.320. The first kappa shape index (κ1) is 19.5. The van der Waals surface area contributed by atoms with E-state index in [0.29, 0.717) is 13.2 Å². The molecule has 29 heavy (non-hydrogen) atoms. The van der Waals surface area contributed by atoms with Gasteiger partial charge in [-0.05, 0) is 60.3 Å². The molecule has 0 bridgehead atoms. The lowest BCUT2D eigenvalue weighted by Gasteiger charge is -2.38. The van der Waals surface area contributed by atoms with Gasteiger partial charge >= 0.3 is 5.97 Å². The molecule has 0 aliphatic carbocycles. The summed E-state index contributed by atoms with van der Waals surface area (Å²) in [4.78, 5) is 14.0. The minimum absolute atomic E-state index is 0.0105. The Morgan fingerprint density at radius 3 is 2.76 bits per heavy atom. The van der Waals surface area contributed by atoms with Crippen LogP contribution in [-0.2, 0) is 4.79 Å². The van der Waals surface area contributed by atoms with Gasteiger partial charge in [0.25, 0.3) is 0 Å². The highest BCUT2D eigenvalue weighted by atomic mass is 16.5. The van der Waals surface area contributed by atoms with Gasteiger partial charge < -0.3 is 9.84 Å². The molecule has 150 valence electrons. The number of hydrogen-bond donors (Lipinski definition) is 1. The maximum atomic E-state index is 11.7. The van der Waals surface area contributed by atoms with Crippen LogP contribution >= 0.6 is 0 Å². The molecule has 2 atom stereocenters. The molecule has 2 unspecified atom stereocenters. The Labute approximate surface area is 171 Å². The Bertz CT molecular complexity index is 995. The van der Waals surface area contributed by atoms with Crippen LogP contribution in [0.3, 0.4) is 0 Å². The van der Waals surface area contributed by atoms with Gasteiger partial charge in [0.05, 0.1) is 18.6 Å².